The van der Waals surface area contributed by atoms with Crippen LogP contribution in [-0.2, 0) is 28.5 Å². The lowest BCUT2D eigenvalue weighted by Gasteiger charge is -2.40. The molecule has 0 bridgehead atoms. The molecular weight excluding hydrogens is 428 g/mol. The van der Waals surface area contributed by atoms with E-state index in [1.807, 2.05) is 0 Å². The van der Waals surface area contributed by atoms with E-state index in [1.54, 1.807) is 49.4 Å². The summed E-state index contributed by atoms with van der Waals surface area (Å²) in [6, 6.07) is 14.1. The highest BCUT2D eigenvalue weighted by molar-refractivity contribution is 7.86. The molecule has 31 heavy (non-hydrogen) atoms. The van der Waals surface area contributed by atoms with Crippen molar-refractivity contribution < 1.29 is 41.8 Å². The number of carbonyl (C=O) groups is 1. The highest BCUT2D eigenvalue weighted by Gasteiger charge is 2.48. The molecule has 1 aliphatic rings. The quantitative estimate of drug-likeness (QED) is 0.467. The van der Waals surface area contributed by atoms with Gasteiger partial charge in [-0.1, -0.05) is 35.9 Å². The summed E-state index contributed by atoms with van der Waals surface area (Å²) >= 11 is 0. The Morgan fingerprint density at radius 1 is 1.03 bits per heavy atom. The van der Waals surface area contributed by atoms with E-state index in [1.165, 1.54) is 19.2 Å². The summed E-state index contributed by atoms with van der Waals surface area (Å²) in [5, 5.41) is 21.0. The number of hydrogen-bond acceptors (Lipinski definition) is 9. The van der Waals surface area contributed by atoms with Crippen molar-refractivity contribution in [2.24, 2.45) is 0 Å². The standard InChI is InChI=1S/C21H24O9S/c1-13-8-10-15(11-9-13)31(25,26)30-19-17(22)16(29-21(27-2)18(19)23)12-28-20(24)14-6-4-3-5-7-14/h3-11,16-19,21-23H,12H2,1-2H3/t16-,17-,18+,19+,21+/m1/s1. The van der Waals surface area contributed by atoms with Crippen LogP contribution in [0, 0.1) is 6.92 Å². The van der Waals surface area contributed by atoms with Gasteiger partial charge in [0.25, 0.3) is 10.1 Å². The second kappa shape index (κ2) is 9.86. The van der Waals surface area contributed by atoms with E-state index in [2.05, 4.69) is 0 Å². The largest absolute Gasteiger partial charge is 0.459 e. The number of hydrogen-bond donors (Lipinski definition) is 2. The minimum absolute atomic E-state index is 0.134. The van der Waals surface area contributed by atoms with Crippen molar-refractivity contribution in [2.45, 2.75) is 42.5 Å². The molecule has 0 spiro atoms. The molecular formula is C21H24O9S. The molecule has 1 aliphatic heterocycles. The molecule has 1 fully saturated rings. The van der Waals surface area contributed by atoms with Crippen LogP contribution in [0.15, 0.2) is 59.5 Å². The molecule has 0 aromatic heterocycles. The Morgan fingerprint density at radius 2 is 1.68 bits per heavy atom. The first kappa shape index (κ1) is 23.3. The van der Waals surface area contributed by atoms with Crippen LogP contribution in [0.4, 0.5) is 0 Å². The molecule has 2 aromatic rings. The molecule has 1 heterocycles. The fraction of sp³-hybridized carbons (Fsp3) is 0.381. The Balaban J connectivity index is 1.74. The number of benzene rings is 2. The topological polar surface area (TPSA) is 129 Å². The van der Waals surface area contributed by atoms with Crippen LogP contribution >= 0.6 is 0 Å². The maximum Gasteiger partial charge on any atom is 0.338 e. The van der Waals surface area contributed by atoms with Gasteiger partial charge >= 0.3 is 5.97 Å². The van der Waals surface area contributed by atoms with Crippen LogP contribution in [0.25, 0.3) is 0 Å². The summed E-state index contributed by atoms with van der Waals surface area (Å²) in [6.45, 7) is 1.39. The Kier molecular flexibility index (Phi) is 7.42. The molecule has 168 valence electrons. The lowest BCUT2D eigenvalue weighted by Crippen LogP contribution is -2.60. The second-order valence-corrected chi connectivity index (χ2v) is 8.62. The van der Waals surface area contributed by atoms with Gasteiger partial charge in [0.1, 0.15) is 31.0 Å². The monoisotopic (exact) mass is 452 g/mol. The van der Waals surface area contributed by atoms with Gasteiger partial charge in [0.2, 0.25) is 0 Å². The molecule has 0 aliphatic carbocycles. The van der Waals surface area contributed by atoms with Gasteiger partial charge in [0, 0.05) is 7.11 Å². The number of ether oxygens (including phenoxy) is 3. The van der Waals surface area contributed by atoms with Crippen molar-refractivity contribution in [2.75, 3.05) is 13.7 Å². The van der Waals surface area contributed by atoms with Gasteiger partial charge in [0.05, 0.1) is 10.5 Å². The highest BCUT2D eigenvalue weighted by Crippen LogP contribution is 2.28. The molecule has 5 atom stereocenters. The summed E-state index contributed by atoms with van der Waals surface area (Å²) in [5.41, 5.74) is 1.15. The normalized spacial score (nSPS) is 26.4. The maximum atomic E-state index is 12.6. The number of esters is 1. The molecule has 0 unspecified atom stereocenters. The van der Waals surface area contributed by atoms with Crippen LogP contribution in [0.2, 0.25) is 0 Å². The van der Waals surface area contributed by atoms with Crippen LogP contribution in [0.3, 0.4) is 0 Å². The van der Waals surface area contributed by atoms with Gasteiger partial charge in [-0.2, -0.15) is 8.42 Å². The minimum atomic E-state index is -4.31. The van der Waals surface area contributed by atoms with Crippen LogP contribution < -0.4 is 0 Å². The predicted molar refractivity (Wildman–Crippen MR) is 108 cm³/mol. The zero-order valence-electron chi connectivity index (χ0n) is 17.0. The van der Waals surface area contributed by atoms with E-state index >= 15 is 0 Å². The molecule has 9 nitrogen and oxygen atoms in total. The Labute approximate surface area is 180 Å². The average molecular weight is 452 g/mol. The van der Waals surface area contributed by atoms with E-state index in [4.69, 9.17) is 18.4 Å². The Hall–Kier alpha value is -2.34. The molecule has 0 radical (unpaired) electrons. The van der Waals surface area contributed by atoms with E-state index in [9.17, 15) is 23.4 Å². The molecule has 10 heteroatoms. The smallest absolute Gasteiger partial charge is 0.338 e. The number of carbonyl (C=O) groups excluding carboxylic acids is 1. The SMILES string of the molecule is CO[C@H]1O[C@H](COC(=O)c2ccccc2)[C@@H](O)[C@H](OS(=O)(=O)c2ccc(C)cc2)[C@@H]1O. The fourth-order valence-corrected chi connectivity index (χ4v) is 4.17. The summed E-state index contributed by atoms with van der Waals surface area (Å²) in [7, 11) is -3.07. The zero-order valence-corrected chi connectivity index (χ0v) is 17.8. The molecule has 1 saturated heterocycles. The van der Waals surface area contributed by atoms with E-state index < -0.39 is 53.4 Å². The third-order valence-electron chi connectivity index (χ3n) is 4.81. The lowest BCUT2D eigenvalue weighted by atomic mass is 9.99. The van der Waals surface area contributed by atoms with Gasteiger partial charge in [-0.15, -0.1) is 0 Å². The lowest BCUT2D eigenvalue weighted by molar-refractivity contribution is -0.289. The van der Waals surface area contributed by atoms with Crippen LogP contribution in [0.5, 0.6) is 0 Å². The number of aryl methyl sites for hydroxylation is 1. The van der Waals surface area contributed by atoms with Crippen LogP contribution in [0.1, 0.15) is 15.9 Å². The van der Waals surface area contributed by atoms with Crippen molar-refractivity contribution in [1.29, 1.82) is 0 Å². The minimum Gasteiger partial charge on any atom is -0.459 e. The van der Waals surface area contributed by atoms with E-state index in [-0.39, 0.29) is 4.90 Å². The van der Waals surface area contributed by atoms with Gasteiger partial charge in [0.15, 0.2) is 6.29 Å². The van der Waals surface area contributed by atoms with Crippen molar-refractivity contribution in [1.82, 2.24) is 0 Å². The number of methoxy groups -OCH3 is 1. The Morgan fingerprint density at radius 3 is 2.29 bits per heavy atom. The first-order chi connectivity index (χ1) is 14.7. The van der Waals surface area contributed by atoms with Crippen LogP contribution in [-0.4, -0.2) is 69.0 Å². The summed E-state index contributed by atoms with van der Waals surface area (Å²) in [5.74, 6) is -0.652. The van der Waals surface area contributed by atoms with Crippen molar-refractivity contribution in [3.05, 3.63) is 65.7 Å². The zero-order chi connectivity index (χ0) is 22.6. The fourth-order valence-electron chi connectivity index (χ4n) is 3.07. The molecule has 0 saturated carbocycles. The predicted octanol–water partition coefficient (Wildman–Crippen LogP) is 1.02. The maximum absolute atomic E-state index is 12.6. The molecule has 3 rings (SSSR count). The summed E-state index contributed by atoms with van der Waals surface area (Å²) < 4.78 is 46.1. The van der Waals surface area contributed by atoms with Gasteiger partial charge in [-0.05, 0) is 31.2 Å². The first-order valence-electron chi connectivity index (χ1n) is 9.49. The van der Waals surface area contributed by atoms with Gasteiger partial charge in [-0.25, -0.2) is 4.79 Å². The number of aliphatic hydroxyl groups is 2. The third kappa shape index (κ3) is 5.48. The average Bonchev–Trinajstić information content (AvgIpc) is 2.77. The Bertz CT molecular complexity index is 976. The number of rotatable bonds is 7. The van der Waals surface area contributed by atoms with Gasteiger partial charge in [-0.3, -0.25) is 4.18 Å². The van der Waals surface area contributed by atoms with Crippen molar-refractivity contribution >= 4 is 16.1 Å². The second-order valence-electron chi connectivity index (χ2n) is 7.05. The highest BCUT2D eigenvalue weighted by atomic mass is 32.2. The molecule has 2 aromatic carbocycles. The molecule has 0 amide bonds. The summed E-state index contributed by atoms with van der Waals surface area (Å²) in [6.07, 6.45) is -7.33. The van der Waals surface area contributed by atoms with Gasteiger partial charge < -0.3 is 24.4 Å². The number of aliphatic hydroxyl groups excluding tert-OH is 2. The summed E-state index contributed by atoms with van der Waals surface area (Å²) in [4.78, 5) is 12.0. The van der Waals surface area contributed by atoms with E-state index in [0.29, 0.717) is 5.56 Å². The first-order valence-corrected chi connectivity index (χ1v) is 10.9. The van der Waals surface area contributed by atoms with Crippen molar-refractivity contribution in [3.8, 4) is 0 Å². The molecule has 2 N–H and O–H groups in total. The third-order valence-corrected chi connectivity index (χ3v) is 6.13. The van der Waals surface area contributed by atoms with E-state index in [0.717, 1.165) is 5.56 Å². The van der Waals surface area contributed by atoms with Crippen molar-refractivity contribution in [3.63, 3.8) is 0 Å².